The van der Waals surface area contributed by atoms with Crippen molar-refractivity contribution in [2.24, 2.45) is 0 Å². The molecule has 8 heteroatoms. The van der Waals surface area contributed by atoms with Gasteiger partial charge in [0.2, 0.25) is 0 Å². The summed E-state index contributed by atoms with van der Waals surface area (Å²) in [5.74, 6) is -1.23. The Kier molecular flexibility index (Phi) is 4.82. The number of halogens is 2. The van der Waals surface area contributed by atoms with Crippen molar-refractivity contribution in [3.63, 3.8) is 0 Å². The number of alkyl halides is 2. The van der Waals surface area contributed by atoms with Gasteiger partial charge in [-0.15, -0.1) is 0 Å². The third-order valence-electron chi connectivity index (χ3n) is 2.44. The summed E-state index contributed by atoms with van der Waals surface area (Å²) < 4.78 is 54.1. The van der Waals surface area contributed by atoms with Crippen LogP contribution in [0.1, 0.15) is 6.42 Å². The average molecular weight is 294 g/mol. The molecule has 0 aliphatic carbocycles. The minimum absolute atomic E-state index is 0.361. The van der Waals surface area contributed by atoms with Crippen LogP contribution in [0.2, 0.25) is 0 Å². The van der Waals surface area contributed by atoms with Crippen LogP contribution in [0.4, 0.5) is 8.78 Å². The molecule has 0 saturated carbocycles. The van der Waals surface area contributed by atoms with E-state index in [0.717, 1.165) is 12.1 Å². The summed E-state index contributed by atoms with van der Waals surface area (Å²) in [4.78, 5) is 10.1. The number of methoxy groups -OCH3 is 1. The normalized spacial score (nSPS) is 13.3. The molecule has 1 N–H and O–H groups in total. The van der Waals surface area contributed by atoms with Gasteiger partial charge < -0.3 is 9.84 Å². The lowest BCUT2D eigenvalue weighted by atomic mass is 10.3. The zero-order valence-corrected chi connectivity index (χ0v) is 10.7. The Morgan fingerprint density at radius 1 is 1.32 bits per heavy atom. The van der Waals surface area contributed by atoms with Crippen LogP contribution >= 0.6 is 0 Å². The van der Waals surface area contributed by atoms with Crippen molar-refractivity contribution in [1.82, 2.24) is 0 Å². The van der Waals surface area contributed by atoms with Gasteiger partial charge in [-0.1, -0.05) is 0 Å². The minimum atomic E-state index is -4.41. The molecule has 0 aliphatic heterocycles. The smallest absolute Gasteiger partial charge is 0.304 e. The first kappa shape index (κ1) is 15.4. The number of sulfone groups is 1. The summed E-state index contributed by atoms with van der Waals surface area (Å²) in [5, 5.41) is 6.24. The van der Waals surface area contributed by atoms with E-state index >= 15 is 0 Å². The Hall–Kier alpha value is -1.70. The van der Waals surface area contributed by atoms with Gasteiger partial charge in [-0.2, -0.15) is 0 Å². The Labute approximate surface area is 108 Å². The highest BCUT2D eigenvalue weighted by Gasteiger charge is 2.37. The third kappa shape index (κ3) is 3.63. The van der Waals surface area contributed by atoms with Crippen molar-refractivity contribution < 1.29 is 31.8 Å². The second-order valence-electron chi connectivity index (χ2n) is 3.69. The summed E-state index contributed by atoms with van der Waals surface area (Å²) in [7, 11) is -3.04. The predicted molar refractivity (Wildman–Crippen MR) is 62.2 cm³/mol. The Morgan fingerprint density at radius 3 is 2.21 bits per heavy atom. The first-order valence-electron chi connectivity index (χ1n) is 5.17. The first-order valence-corrected chi connectivity index (χ1v) is 6.71. The summed E-state index contributed by atoms with van der Waals surface area (Å²) >= 11 is 0. The van der Waals surface area contributed by atoms with Gasteiger partial charge in [0.15, 0.2) is 9.84 Å². The van der Waals surface area contributed by atoms with Crippen molar-refractivity contribution in [2.45, 2.75) is 23.0 Å². The molecule has 0 radical (unpaired) electrons. The predicted octanol–water partition coefficient (Wildman–Crippen LogP) is 1.58. The van der Waals surface area contributed by atoms with Gasteiger partial charge in [0, 0.05) is 0 Å². The number of aliphatic carboxylic acids is 1. The molecule has 0 aromatic heterocycles. The number of ether oxygens (including phenoxy) is 1. The monoisotopic (exact) mass is 294 g/mol. The van der Waals surface area contributed by atoms with Crippen LogP contribution in [0.5, 0.6) is 5.75 Å². The molecule has 0 bridgehead atoms. The summed E-state index contributed by atoms with van der Waals surface area (Å²) in [6, 6.07) is 4.81. The first-order chi connectivity index (χ1) is 8.78. The van der Waals surface area contributed by atoms with Crippen molar-refractivity contribution in [3.05, 3.63) is 24.3 Å². The third-order valence-corrected chi connectivity index (χ3v) is 4.54. The van der Waals surface area contributed by atoms with Gasteiger partial charge in [-0.25, -0.2) is 17.2 Å². The average Bonchev–Trinajstić information content (AvgIpc) is 2.35. The second-order valence-corrected chi connectivity index (χ2v) is 5.86. The van der Waals surface area contributed by atoms with E-state index in [2.05, 4.69) is 0 Å². The molecule has 1 atom stereocenters. The quantitative estimate of drug-likeness (QED) is 0.861. The van der Waals surface area contributed by atoms with E-state index in [9.17, 15) is 22.0 Å². The number of hydrogen-bond donors (Lipinski definition) is 1. The van der Waals surface area contributed by atoms with Crippen molar-refractivity contribution in [3.8, 4) is 5.75 Å². The van der Waals surface area contributed by atoms with Gasteiger partial charge in [-0.3, -0.25) is 4.79 Å². The SMILES string of the molecule is COc1ccc(S(=O)(=O)[C@@H](CC(=O)O)C(F)F)cc1. The number of carboxylic acid groups (broad SMARTS) is 1. The lowest BCUT2D eigenvalue weighted by Crippen LogP contribution is -2.31. The van der Waals surface area contributed by atoms with Crippen LogP contribution in [0.3, 0.4) is 0 Å². The van der Waals surface area contributed by atoms with Crippen LogP contribution in [0.25, 0.3) is 0 Å². The second kappa shape index (κ2) is 5.96. The Balaban J connectivity index is 3.14. The highest BCUT2D eigenvalue weighted by molar-refractivity contribution is 7.92. The summed E-state index contributed by atoms with van der Waals surface area (Å²) in [5.41, 5.74) is 0. The standard InChI is InChI=1S/C11H12F2O5S/c1-18-7-2-4-8(5-3-7)19(16,17)9(11(12)13)6-10(14)15/h2-5,9,11H,6H2,1H3,(H,14,15)/t9-/m0/s1. The fourth-order valence-corrected chi connectivity index (χ4v) is 2.94. The number of carbonyl (C=O) groups is 1. The Bertz CT molecular complexity index is 539. The van der Waals surface area contributed by atoms with E-state index in [1.165, 1.54) is 19.2 Å². The molecule has 0 amide bonds. The molecule has 0 spiro atoms. The molecule has 5 nitrogen and oxygen atoms in total. The maximum atomic E-state index is 12.7. The van der Waals surface area contributed by atoms with Crippen molar-refractivity contribution in [2.75, 3.05) is 7.11 Å². The lowest BCUT2D eigenvalue weighted by molar-refractivity contribution is -0.137. The number of benzene rings is 1. The largest absolute Gasteiger partial charge is 0.497 e. The lowest BCUT2D eigenvalue weighted by Gasteiger charge is -2.15. The number of carboxylic acids is 1. The molecule has 0 saturated heterocycles. The number of hydrogen-bond acceptors (Lipinski definition) is 4. The van der Waals surface area contributed by atoms with Crippen LogP contribution < -0.4 is 4.74 Å². The molecular weight excluding hydrogens is 282 g/mol. The fourth-order valence-electron chi connectivity index (χ4n) is 1.45. The highest BCUT2D eigenvalue weighted by Crippen LogP contribution is 2.25. The van der Waals surface area contributed by atoms with Crippen LogP contribution in [0, 0.1) is 0 Å². The molecule has 0 fully saturated rings. The maximum Gasteiger partial charge on any atom is 0.304 e. The van der Waals surface area contributed by atoms with E-state index in [0.29, 0.717) is 5.75 Å². The highest BCUT2D eigenvalue weighted by atomic mass is 32.2. The fraction of sp³-hybridized carbons (Fsp3) is 0.364. The van der Waals surface area contributed by atoms with Crippen molar-refractivity contribution in [1.29, 1.82) is 0 Å². The molecule has 19 heavy (non-hydrogen) atoms. The molecule has 106 valence electrons. The molecule has 0 heterocycles. The Morgan fingerprint density at radius 2 is 1.84 bits per heavy atom. The van der Waals surface area contributed by atoms with Gasteiger partial charge >= 0.3 is 5.97 Å². The zero-order valence-electron chi connectivity index (χ0n) is 9.92. The maximum absolute atomic E-state index is 12.7. The number of rotatable bonds is 6. The van der Waals surface area contributed by atoms with Gasteiger partial charge in [-0.05, 0) is 24.3 Å². The van der Waals surface area contributed by atoms with E-state index < -0.39 is 33.9 Å². The summed E-state index contributed by atoms with van der Waals surface area (Å²) in [6.45, 7) is 0. The molecular formula is C11H12F2O5S. The van der Waals surface area contributed by atoms with Gasteiger partial charge in [0.25, 0.3) is 6.43 Å². The molecule has 0 unspecified atom stereocenters. The minimum Gasteiger partial charge on any atom is -0.497 e. The van der Waals surface area contributed by atoms with E-state index in [1.54, 1.807) is 0 Å². The molecule has 0 aliphatic rings. The molecule has 1 aromatic rings. The molecule has 1 aromatic carbocycles. The van der Waals surface area contributed by atoms with Crippen LogP contribution in [0.15, 0.2) is 29.2 Å². The molecule has 1 rings (SSSR count). The van der Waals surface area contributed by atoms with Crippen LogP contribution in [-0.4, -0.2) is 38.3 Å². The summed E-state index contributed by atoms with van der Waals surface area (Å²) in [6.07, 6.45) is -4.42. The van der Waals surface area contributed by atoms with E-state index in [4.69, 9.17) is 9.84 Å². The van der Waals surface area contributed by atoms with Crippen molar-refractivity contribution >= 4 is 15.8 Å². The van der Waals surface area contributed by atoms with Gasteiger partial charge in [0.05, 0.1) is 18.4 Å². The van der Waals surface area contributed by atoms with Crippen LogP contribution in [-0.2, 0) is 14.6 Å². The van der Waals surface area contributed by atoms with Gasteiger partial charge in [0.1, 0.15) is 11.0 Å². The topological polar surface area (TPSA) is 80.7 Å². The zero-order chi connectivity index (χ0) is 14.6. The van der Waals surface area contributed by atoms with E-state index in [1.807, 2.05) is 0 Å². The van der Waals surface area contributed by atoms with E-state index in [-0.39, 0.29) is 4.90 Å².